The number of aliphatic imine (C=N–C) groups is 1. The lowest BCUT2D eigenvalue weighted by atomic mass is 10.1. The molecule has 0 radical (unpaired) electrons. The summed E-state index contributed by atoms with van der Waals surface area (Å²) in [6.45, 7) is 7.04. The first kappa shape index (κ1) is 19.3. The lowest BCUT2D eigenvalue weighted by Crippen LogP contribution is -2.41. The number of hydrogen-bond donors (Lipinski definition) is 1. The van der Waals surface area contributed by atoms with Crippen molar-refractivity contribution in [3.05, 3.63) is 23.8 Å². The van der Waals surface area contributed by atoms with Crippen LogP contribution in [0.5, 0.6) is 0 Å². The Labute approximate surface area is 160 Å². The van der Waals surface area contributed by atoms with Crippen molar-refractivity contribution in [3.63, 3.8) is 0 Å². The van der Waals surface area contributed by atoms with Crippen LogP contribution in [0.1, 0.15) is 32.8 Å². The molecule has 0 spiro atoms. The van der Waals surface area contributed by atoms with Crippen LogP contribution in [0.2, 0.25) is 0 Å². The molecule has 1 atom stereocenters. The number of hydrazone groups is 1. The molecule has 27 heavy (non-hydrogen) atoms. The SMILES string of the molecule is CCN=C(NS(=O)(=O)c1ccc2c(c1)CCN2C(C)=O)N1CC(CC)C=N1. The Morgan fingerprint density at radius 3 is 2.78 bits per heavy atom. The van der Waals surface area contributed by atoms with Crippen molar-refractivity contribution >= 4 is 33.8 Å². The second-order valence-corrected chi connectivity index (χ2v) is 8.31. The Bertz CT molecular complexity index is 894. The molecular weight excluding hydrogens is 366 g/mol. The summed E-state index contributed by atoms with van der Waals surface area (Å²) in [5.74, 6) is 0.474. The van der Waals surface area contributed by atoms with Gasteiger partial charge in [0.25, 0.3) is 10.0 Å². The summed E-state index contributed by atoms with van der Waals surface area (Å²) in [5.41, 5.74) is 1.63. The molecule has 8 nitrogen and oxygen atoms in total. The largest absolute Gasteiger partial charge is 0.312 e. The van der Waals surface area contributed by atoms with Crippen LogP contribution < -0.4 is 9.62 Å². The minimum absolute atomic E-state index is 0.0442. The summed E-state index contributed by atoms with van der Waals surface area (Å²) in [5, 5.41) is 5.88. The number of benzene rings is 1. The number of amides is 1. The number of anilines is 1. The predicted molar refractivity (Wildman–Crippen MR) is 105 cm³/mol. The Balaban J connectivity index is 1.83. The van der Waals surface area contributed by atoms with E-state index in [1.165, 1.54) is 13.0 Å². The molecule has 1 unspecified atom stereocenters. The molecule has 0 aliphatic carbocycles. The zero-order valence-electron chi connectivity index (χ0n) is 15.8. The van der Waals surface area contributed by atoms with Gasteiger partial charge in [-0.25, -0.2) is 18.1 Å². The zero-order chi connectivity index (χ0) is 19.6. The summed E-state index contributed by atoms with van der Waals surface area (Å²) in [6, 6.07) is 4.84. The van der Waals surface area contributed by atoms with E-state index in [1.54, 1.807) is 22.0 Å². The number of guanidine groups is 1. The summed E-state index contributed by atoms with van der Waals surface area (Å²) in [4.78, 5) is 17.8. The van der Waals surface area contributed by atoms with Gasteiger partial charge in [0, 0.05) is 37.8 Å². The van der Waals surface area contributed by atoms with Crippen molar-refractivity contribution in [2.45, 2.75) is 38.5 Å². The molecule has 9 heteroatoms. The number of carbonyl (C=O) groups excluding carboxylic acids is 1. The van der Waals surface area contributed by atoms with E-state index in [1.807, 2.05) is 13.1 Å². The van der Waals surface area contributed by atoms with E-state index in [0.717, 1.165) is 17.7 Å². The lowest BCUT2D eigenvalue weighted by Gasteiger charge is -2.19. The van der Waals surface area contributed by atoms with Gasteiger partial charge < -0.3 is 4.90 Å². The second-order valence-electron chi connectivity index (χ2n) is 6.63. The number of hydrogen-bond acceptors (Lipinski definition) is 5. The van der Waals surface area contributed by atoms with Crippen LogP contribution in [-0.2, 0) is 21.2 Å². The van der Waals surface area contributed by atoms with Crippen LogP contribution in [0.15, 0.2) is 33.2 Å². The monoisotopic (exact) mass is 391 g/mol. The quantitative estimate of drug-likeness (QED) is 0.623. The lowest BCUT2D eigenvalue weighted by molar-refractivity contribution is -0.116. The normalized spacial score (nSPS) is 19.5. The standard InChI is InChI=1S/C18H25N5O3S/c1-4-14-11-20-23(12-14)18(19-5-2)21-27(25,26)16-6-7-17-15(10-16)8-9-22(17)13(3)24/h6-7,10-11,14H,4-5,8-9,12H2,1-3H3,(H,19,21). The van der Waals surface area contributed by atoms with Gasteiger partial charge in [-0.15, -0.1) is 0 Å². The highest BCUT2D eigenvalue weighted by molar-refractivity contribution is 7.90. The van der Waals surface area contributed by atoms with E-state index in [-0.39, 0.29) is 22.7 Å². The van der Waals surface area contributed by atoms with Crippen molar-refractivity contribution in [2.75, 3.05) is 24.5 Å². The van der Waals surface area contributed by atoms with E-state index in [9.17, 15) is 13.2 Å². The minimum Gasteiger partial charge on any atom is -0.312 e. The Morgan fingerprint density at radius 2 is 2.15 bits per heavy atom. The fourth-order valence-electron chi connectivity index (χ4n) is 3.23. The topological polar surface area (TPSA) is 94.4 Å². The molecule has 0 fully saturated rings. The number of nitrogens with one attached hydrogen (secondary N) is 1. The van der Waals surface area contributed by atoms with Crippen molar-refractivity contribution in [3.8, 4) is 0 Å². The summed E-state index contributed by atoms with van der Waals surface area (Å²) in [7, 11) is -3.80. The first-order valence-corrected chi connectivity index (χ1v) is 10.6. The molecule has 2 aliphatic heterocycles. The van der Waals surface area contributed by atoms with Crippen LogP contribution in [0.25, 0.3) is 0 Å². The summed E-state index contributed by atoms with van der Waals surface area (Å²) < 4.78 is 28.4. The summed E-state index contributed by atoms with van der Waals surface area (Å²) in [6.07, 6.45) is 3.40. The van der Waals surface area contributed by atoms with Gasteiger partial charge in [-0.3, -0.25) is 9.79 Å². The first-order chi connectivity index (χ1) is 12.9. The van der Waals surface area contributed by atoms with Gasteiger partial charge in [-0.2, -0.15) is 5.10 Å². The van der Waals surface area contributed by atoms with Gasteiger partial charge in [0.05, 0.1) is 11.4 Å². The molecule has 1 N–H and O–H groups in total. The van der Waals surface area contributed by atoms with Crippen LogP contribution in [0, 0.1) is 5.92 Å². The first-order valence-electron chi connectivity index (χ1n) is 9.15. The van der Waals surface area contributed by atoms with Gasteiger partial charge in [0.1, 0.15) is 0 Å². The maximum atomic E-state index is 12.9. The number of fused-ring (bicyclic) bond motifs is 1. The van der Waals surface area contributed by atoms with Crippen molar-refractivity contribution in [2.24, 2.45) is 16.0 Å². The van der Waals surface area contributed by atoms with E-state index in [4.69, 9.17) is 0 Å². The van der Waals surface area contributed by atoms with Gasteiger partial charge in [0.2, 0.25) is 11.9 Å². The molecular formula is C18H25N5O3S. The van der Waals surface area contributed by atoms with E-state index >= 15 is 0 Å². The van der Waals surface area contributed by atoms with Crippen LogP contribution >= 0.6 is 0 Å². The second kappa shape index (κ2) is 7.67. The maximum Gasteiger partial charge on any atom is 0.264 e. The molecule has 3 rings (SSSR count). The third kappa shape index (κ3) is 3.97. The fraction of sp³-hybridized carbons (Fsp3) is 0.500. The molecule has 2 aliphatic rings. The summed E-state index contributed by atoms with van der Waals surface area (Å²) >= 11 is 0. The zero-order valence-corrected chi connectivity index (χ0v) is 16.7. The fourth-order valence-corrected chi connectivity index (χ4v) is 4.31. The molecule has 1 amide bonds. The van der Waals surface area contributed by atoms with Crippen molar-refractivity contribution < 1.29 is 13.2 Å². The third-order valence-electron chi connectivity index (χ3n) is 4.76. The van der Waals surface area contributed by atoms with Gasteiger partial charge >= 0.3 is 0 Å². The van der Waals surface area contributed by atoms with E-state index < -0.39 is 10.0 Å². The highest BCUT2D eigenvalue weighted by atomic mass is 32.2. The number of nitrogens with zero attached hydrogens (tertiary/aromatic N) is 4. The molecule has 2 heterocycles. The minimum atomic E-state index is -3.80. The van der Waals surface area contributed by atoms with Gasteiger partial charge in [0.15, 0.2) is 0 Å². The molecule has 0 aromatic heterocycles. The Hall–Kier alpha value is -2.42. The van der Waals surface area contributed by atoms with E-state index in [0.29, 0.717) is 26.1 Å². The molecule has 0 saturated heterocycles. The predicted octanol–water partition coefficient (Wildman–Crippen LogP) is 1.58. The number of rotatable bonds is 4. The number of carbonyl (C=O) groups is 1. The smallest absolute Gasteiger partial charge is 0.264 e. The molecule has 0 bridgehead atoms. The van der Waals surface area contributed by atoms with Gasteiger partial charge in [-0.1, -0.05) is 6.92 Å². The molecule has 1 aromatic rings. The van der Waals surface area contributed by atoms with Crippen LogP contribution in [-0.4, -0.2) is 51.1 Å². The Kier molecular flexibility index (Phi) is 5.50. The van der Waals surface area contributed by atoms with E-state index in [2.05, 4.69) is 21.7 Å². The maximum absolute atomic E-state index is 12.9. The highest BCUT2D eigenvalue weighted by Crippen LogP contribution is 2.30. The average molecular weight is 391 g/mol. The molecule has 146 valence electrons. The third-order valence-corrected chi connectivity index (χ3v) is 6.09. The van der Waals surface area contributed by atoms with Gasteiger partial charge in [-0.05, 0) is 43.5 Å². The molecule has 0 saturated carbocycles. The van der Waals surface area contributed by atoms with Crippen molar-refractivity contribution in [1.82, 2.24) is 9.73 Å². The molecule has 1 aromatic carbocycles. The Morgan fingerprint density at radius 1 is 1.37 bits per heavy atom. The van der Waals surface area contributed by atoms with Crippen molar-refractivity contribution in [1.29, 1.82) is 0 Å². The average Bonchev–Trinajstić information content (AvgIpc) is 3.27. The number of sulfonamides is 1. The van der Waals surface area contributed by atoms with Crippen LogP contribution in [0.3, 0.4) is 0 Å². The highest BCUT2D eigenvalue weighted by Gasteiger charge is 2.27. The van der Waals surface area contributed by atoms with Crippen LogP contribution in [0.4, 0.5) is 5.69 Å².